The van der Waals surface area contributed by atoms with Gasteiger partial charge < -0.3 is 9.47 Å². The number of rotatable bonds is 2. The van der Waals surface area contributed by atoms with Crippen LogP contribution in [0.2, 0.25) is 0 Å². The maximum atomic E-state index is 13.6. The molecule has 0 aromatic heterocycles. The number of ether oxygens (including phenoxy) is 2. The highest BCUT2D eigenvalue weighted by molar-refractivity contribution is 5.87. The molecule has 0 aliphatic carbocycles. The summed E-state index contributed by atoms with van der Waals surface area (Å²) in [4.78, 5) is 30.7. The fourth-order valence-corrected chi connectivity index (χ4v) is 4.71. The van der Waals surface area contributed by atoms with Crippen molar-refractivity contribution >= 4 is 23.6 Å². The van der Waals surface area contributed by atoms with E-state index in [9.17, 15) is 9.59 Å². The molecule has 2 aromatic rings. The van der Waals surface area contributed by atoms with Gasteiger partial charge in [-0.2, -0.15) is 0 Å². The average Bonchev–Trinajstić information content (AvgIpc) is 2.81. The second kappa shape index (κ2) is 9.84. The summed E-state index contributed by atoms with van der Waals surface area (Å²) in [7, 11) is 0. The van der Waals surface area contributed by atoms with Crippen molar-refractivity contribution in [3.63, 3.8) is 0 Å². The lowest BCUT2D eigenvalue weighted by molar-refractivity contribution is 0.00614. The van der Waals surface area contributed by atoms with Crippen molar-refractivity contribution in [1.82, 2.24) is 9.80 Å². The fraction of sp³-hybridized carbons (Fsp3) is 0.400. The second-order valence-corrected chi connectivity index (χ2v) is 11.2. The number of fused-ring (bicyclic) bond motifs is 1. The van der Waals surface area contributed by atoms with Gasteiger partial charge in [-0.25, -0.2) is 9.59 Å². The molecule has 0 saturated carbocycles. The molecule has 0 spiro atoms. The molecule has 0 unspecified atom stereocenters. The van der Waals surface area contributed by atoms with Gasteiger partial charge in [0.1, 0.15) is 11.2 Å². The number of carbonyl (C=O) groups excluding carboxylic acids is 2. The van der Waals surface area contributed by atoms with E-state index in [1.165, 1.54) is 0 Å². The Balaban J connectivity index is 1.80. The summed E-state index contributed by atoms with van der Waals surface area (Å²) in [6, 6.07) is 19.1. The zero-order valence-electron chi connectivity index (χ0n) is 22.0. The van der Waals surface area contributed by atoms with Gasteiger partial charge in [-0.15, -0.1) is 0 Å². The van der Waals surface area contributed by atoms with E-state index in [4.69, 9.17) is 9.47 Å². The molecule has 190 valence electrons. The minimum atomic E-state index is -0.656. The molecule has 6 nitrogen and oxygen atoms in total. The molecule has 4 rings (SSSR count). The molecule has 2 aromatic carbocycles. The highest BCUT2D eigenvalue weighted by Crippen LogP contribution is 2.41. The number of hydrogen-bond acceptors (Lipinski definition) is 4. The largest absolute Gasteiger partial charge is 0.443 e. The molecule has 2 heterocycles. The second-order valence-electron chi connectivity index (χ2n) is 11.2. The van der Waals surface area contributed by atoms with Crippen molar-refractivity contribution in [2.75, 3.05) is 0 Å². The Morgan fingerprint density at radius 2 is 0.972 bits per heavy atom. The van der Waals surface area contributed by atoms with Gasteiger partial charge in [0.2, 0.25) is 0 Å². The van der Waals surface area contributed by atoms with Crippen LogP contribution in [-0.2, 0) is 9.47 Å². The number of amides is 2. The highest BCUT2D eigenvalue weighted by Gasteiger charge is 2.46. The van der Waals surface area contributed by atoms with E-state index in [0.717, 1.165) is 22.5 Å². The predicted molar refractivity (Wildman–Crippen MR) is 142 cm³/mol. The van der Waals surface area contributed by atoms with Crippen LogP contribution in [0.25, 0.3) is 11.4 Å². The molecule has 0 saturated heterocycles. The van der Waals surface area contributed by atoms with Crippen LogP contribution in [0.4, 0.5) is 9.59 Å². The fourth-order valence-electron chi connectivity index (χ4n) is 4.71. The first-order valence-electron chi connectivity index (χ1n) is 12.5. The molecule has 0 N–H and O–H groups in total. The molecular weight excluding hydrogens is 452 g/mol. The van der Waals surface area contributed by atoms with Crippen LogP contribution in [0.5, 0.6) is 0 Å². The molecule has 0 fully saturated rings. The van der Waals surface area contributed by atoms with Crippen molar-refractivity contribution in [2.45, 2.75) is 77.7 Å². The van der Waals surface area contributed by atoms with Crippen LogP contribution in [0.1, 0.15) is 65.5 Å². The van der Waals surface area contributed by atoms with E-state index in [0.29, 0.717) is 12.8 Å². The van der Waals surface area contributed by atoms with E-state index < -0.39 is 23.4 Å². The van der Waals surface area contributed by atoms with Gasteiger partial charge in [0.05, 0.1) is 23.5 Å². The molecule has 0 radical (unpaired) electrons. The summed E-state index contributed by atoms with van der Waals surface area (Å²) >= 11 is 0. The first-order chi connectivity index (χ1) is 16.9. The quantitative estimate of drug-likeness (QED) is 0.453. The standard InChI is InChI=1S/C30H36N2O4/c1-29(2,3)35-27(33)31-23(21-13-9-7-10-14-21)17-20-26-25(31)19-18-24(22-15-11-8-12-16-22)32(26)28(34)36-30(4,5)6/h7-18,25-26H,19-20H2,1-6H3/t25-,26-/m1/s1. The molecule has 0 bridgehead atoms. The van der Waals surface area contributed by atoms with Crippen LogP contribution in [0, 0.1) is 0 Å². The topological polar surface area (TPSA) is 59.1 Å². The van der Waals surface area contributed by atoms with Crippen molar-refractivity contribution in [1.29, 1.82) is 0 Å². The van der Waals surface area contributed by atoms with Gasteiger partial charge >= 0.3 is 12.2 Å². The lowest BCUT2D eigenvalue weighted by atomic mass is 9.87. The Kier molecular flexibility index (Phi) is 6.98. The zero-order valence-corrected chi connectivity index (χ0v) is 22.0. The van der Waals surface area contributed by atoms with Gasteiger partial charge in [-0.1, -0.05) is 72.8 Å². The first kappa shape index (κ1) is 25.5. The number of nitrogens with zero attached hydrogens (tertiary/aromatic N) is 2. The van der Waals surface area contributed by atoms with Crippen LogP contribution >= 0.6 is 0 Å². The molecule has 36 heavy (non-hydrogen) atoms. The lowest BCUT2D eigenvalue weighted by Gasteiger charge is -2.48. The van der Waals surface area contributed by atoms with Crippen LogP contribution in [0.15, 0.2) is 72.8 Å². The molecule has 2 aliphatic heterocycles. The number of benzene rings is 2. The molecule has 6 heteroatoms. The van der Waals surface area contributed by atoms with Crippen LogP contribution < -0.4 is 0 Å². The maximum Gasteiger partial charge on any atom is 0.415 e. The summed E-state index contributed by atoms with van der Waals surface area (Å²) < 4.78 is 11.7. The van der Waals surface area contributed by atoms with Gasteiger partial charge in [0.25, 0.3) is 0 Å². The van der Waals surface area contributed by atoms with Gasteiger partial charge in [-0.05, 0) is 65.5 Å². The van der Waals surface area contributed by atoms with Crippen molar-refractivity contribution in [3.8, 4) is 0 Å². The summed E-state index contributed by atoms with van der Waals surface area (Å²) in [5, 5.41) is 0. The zero-order chi connectivity index (χ0) is 26.1. The van der Waals surface area contributed by atoms with Crippen molar-refractivity contribution < 1.29 is 19.1 Å². The molecular formula is C30H36N2O4. The predicted octanol–water partition coefficient (Wildman–Crippen LogP) is 7.09. The third-order valence-corrected chi connectivity index (χ3v) is 6.05. The van der Waals surface area contributed by atoms with E-state index >= 15 is 0 Å². The summed E-state index contributed by atoms with van der Waals surface area (Å²) in [5.41, 5.74) is 2.15. The molecule has 2 amide bonds. The van der Waals surface area contributed by atoms with Crippen molar-refractivity contribution in [3.05, 3.63) is 83.9 Å². The Hall–Kier alpha value is -3.54. The first-order valence-corrected chi connectivity index (χ1v) is 12.5. The molecule has 2 aliphatic rings. The van der Waals surface area contributed by atoms with Crippen molar-refractivity contribution in [2.24, 2.45) is 0 Å². The summed E-state index contributed by atoms with van der Waals surface area (Å²) in [5.74, 6) is 0. The minimum absolute atomic E-state index is 0.306. The maximum absolute atomic E-state index is 13.6. The van der Waals surface area contributed by atoms with E-state index in [2.05, 4.69) is 0 Å². The highest BCUT2D eigenvalue weighted by atomic mass is 16.6. The minimum Gasteiger partial charge on any atom is -0.443 e. The van der Waals surface area contributed by atoms with E-state index in [-0.39, 0.29) is 12.1 Å². The van der Waals surface area contributed by atoms with E-state index in [1.807, 2.05) is 114 Å². The molecule has 2 atom stereocenters. The SMILES string of the molecule is CC(C)(C)OC(=O)N1C(c2ccccc2)=CC[C@@H]2[C@H]1CC=C(c1ccccc1)N2C(=O)OC(C)(C)C. The third kappa shape index (κ3) is 5.64. The van der Waals surface area contributed by atoms with E-state index in [1.54, 1.807) is 9.80 Å². The Bertz CT molecular complexity index is 1060. The Morgan fingerprint density at radius 1 is 0.639 bits per heavy atom. The van der Waals surface area contributed by atoms with Gasteiger partial charge in [0.15, 0.2) is 0 Å². The Labute approximate surface area is 214 Å². The van der Waals surface area contributed by atoms with Crippen LogP contribution in [0.3, 0.4) is 0 Å². The summed E-state index contributed by atoms with van der Waals surface area (Å²) in [6.45, 7) is 11.2. The van der Waals surface area contributed by atoms with Gasteiger partial charge in [0, 0.05) is 0 Å². The Morgan fingerprint density at radius 3 is 1.28 bits per heavy atom. The number of carbonyl (C=O) groups is 2. The average molecular weight is 489 g/mol. The number of hydrogen-bond donors (Lipinski definition) is 0. The van der Waals surface area contributed by atoms with Crippen LogP contribution in [-0.4, -0.2) is 45.3 Å². The summed E-state index contributed by atoms with van der Waals surface area (Å²) in [6.07, 6.45) is 4.38. The smallest absolute Gasteiger partial charge is 0.415 e. The normalized spacial score (nSPS) is 20.2. The lowest BCUT2D eigenvalue weighted by Crippen LogP contribution is -2.58. The third-order valence-electron chi connectivity index (χ3n) is 6.05. The monoisotopic (exact) mass is 488 g/mol. The van der Waals surface area contributed by atoms with Gasteiger partial charge in [-0.3, -0.25) is 9.80 Å².